The molecule has 0 amide bonds. The summed E-state index contributed by atoms with van der Waals surface area (Å²) < 4.78 is 33.5. The Hall–Kier alpha value is -4.69. The van der Waals surface area contributed by atoms with Gasteiger partial charge in [-0.2, -0.15) is 0 Å². The molecule has 1 aromatic heterocycles. The highest BCUT2D eigenvalue weighted by atomic mass is 19.1. The van der Waals surface area contributed by atoms with E-state index in [0.29, 0.717) is 37.7 Å². The molecular formula is C32H27F2N4O2-. The van der Waals surface area contributed by atoms with Crippen molar-refractivity contribution in [2.24, 2.45) is 0 Å². The third-order valence-corrected chi connectivity index (χ3v) is 7.38. The summed E-state index contributed by atoms with van der Waals surface area (Å²) in [6.07, 6.45) is 1.85. The fourth-order valence-corrected chi connectivity index (χ4v) is 5.34. The molecule has 202 valence electrons. The van der Waals surface area contributed by atoms with Crippen molar-refractivity contribution >= 4 is 22.5 Å². The van der Waals surface area contributed by atoms with Crippen LogP contribution in [0.1, 0.15) is 22.7 Å². The highest BCUT2D eigenvalue weighted by molar-refractivity contribution is 5.92. The Morgan fingerprint density at radius 3 is 2.08 bits per heavy atom. The Bertz CT molecular complexity index is 1600. The van der Waals surface area contributed by atoms with Crippen LogP contribution < -0.4 is 14.7 Å². The molecule has 0 atom stereocenters. The van der Waals surface area contributed by atoms with E-state index in [0.717, 1.165) is 27.7 Å². The Morgan fingerprint density at radius 1 is 0.800 bits per heavy atom. The van der Waals surface area contributed by atoms with E-state index in [-0.39, 0.29) is 23.2 Å². The first-order chi connectivity index (χ1) is 19.4. The molecule has 1 saturated heterocycles. The average Bonchev–Trinajstić information content (AvgIpc) is 3.43. The van der Waals surface area contributed by atoms with Crippen LogP contribution in [-0.2, 0) is 0 Å². The molecule has 6 rings (SSSR count). The lowest BCUT2D eigenvalue weighted by Gasteiger charge is -2.41. The maximum Gasteiger partial charge on any atom is 0.137 e. The van der Waals surface area contributed by atoms with Gasteiger partial charge in [0.1, 0.15) is 23.1 Å². The van der Waals surface area contributed by atoms with E-state index >= 15 is 0 Å². The monoisotopic (exact) mass is 537 g/mol. The Balaban J connectivity index is 1.23. The van der Waals surface area contributed by atoms with Gasteiger partial charge in [0.05, 0.1) is 6.04 Å². The summed E-state index contributed by atoms with van der Waals surface area (Å²) in [5, 5.41) is 20.8. The Morgan fingerprint density at radius 2 is 1.45 bits per heavy atom. The van der Waals surface area contributed by atoms with Gasteiger partial charge in [-0.1, -0.05) is 24.3 Å². The van der Waals surface area contributed by atoms with Crippen LogP contribution in [0.25, 0.3) is 10.9 Å². The van der Waals surface area contributed by atoms with Crippen molar-refractivity contribution in [2.45, 2.75) is 6.04 Å². The fourth-order valence-electron chi connectivity index (χ4n) is 5.34. The van der Waals surface area contributed by atoms with Crippen LogP contribution in [-0.4, -0.2) is 42.0 Å². The minimum atomic E-state index is -0.810. The maximum absolute atomic E-state index is 13.7. The number of aromatic amines is 1. The number of hydrogen-bond donors (Lipinski definition) is 2. The summed E-state index contributed by atoms with van der Waals surface area (Å²) in [7, 11) is 0. The maximum atomic E-state index is 13.7. The lowest BCUT2D eigenvalue weighted by molar-refractivity contribution is -0.214. The normalized spacial score (nSPS) is 14.1. The quantitative estimate of drug-likeness (QED) is 0.202. The SMILES string of the molecule is N=C([O-])c1ccc(N2CCN(C(c3ccc(F)cc3)c3ccc(F)cc3)CC2)cc1Oc1ccc2[nH]ccc2c1. The van der Waals surface area contributed by atoms with Crippen LogP contribution in [0.4, 0.5) is 14.5 Å². The average molecular weight is 538 g/mol. The van der Waals surface area contributed by atoms with E-state index in [2.05, 4.69) is 14.8 Å². The van der Waals surface area contributed by atoms with Gasteiger partial charge in [-0.25, -0.2) is 8.78 Å². The van der Waals surface area contributed by atoms with Gasteiger partial charge in [-0.05, 0) is 77.7 Å². The molecule has 4 aromatic carbocycles. The number of halogens is 2. The van der Waals surface area contributed by atoms with Crippen molar-refractivity contribution in [3.63, 3.8) is 0 Å². The van der Waals surface area contributed by atoms with Crippen molar-refractivity contribution in [1.82, 2.24) is 9.88 Å². The molecular weight excluding hydrogens is 510 g/mol. The molecule has 0 aliphatic carbocycles. The molecule has 2 N–H and O–H groups in total. The number of anilines is 1. The van der Waals surface area contributed by atoms with Gasteiger partial charge in [0.15, 0.2) is 0 Å². The van der Waals surface area contributed by atoms with Crippen LogP contribution in [0.3, 0.4) is 0 Å². The number of benzene rings is 4. The molecule has 1 fully saturated rings. The van der Waals surface area contributed by atoms with Crippen LogP contribution in [0.15, 0.2) is 97.2 Å². The minimum absolute atomic E-state index is 0.145. The molecule has 0 bridgehead atoms. The summed E-state index contributed by atoms with van der Waals surface area (Å²) in [4.78, 5) is 7.67. The smallest absolute Gasteiger partial charge is 0.137 e. The van der Waals surface area contributed by atoms with Crippen molar-refractivity contribution in [3.05, 3.63) is 126 Å². The zero-order valence-electron chi connectivity index (χ0n) is 21.6. The first-order valence-corrected chi connectivity index (χ1v) is 13.1. The third kappa shape index (κ3) is 5.26. The van der Waals surface area contributed by atoms with Crippen molar-refractivity contribution in [1.29, 1.82) is 5.41 Å². The molecule has 0 saturated carbocycles. The first-order valence-electron chi connectivity index (χ1n) is 13.1. The highest BCUT2D eigenvalue weighted by Crippen LogP contribution is 2.34. The van der Waals surface area contributed by atoms with Crippen molar-refractivity contribution in [3.8, 4) is 11.5 Å². The minimum Gasteiger partial charge on any atom is -0.859 e. The molecule has 0 unspecified atom stereocenters. The van der Waals surface area contributed by atoms with Crippen LogP contribution >= 0.6 is 0 Å². The number of aromatic nitrogens is 1. The highest BCUT2D eigenvalue weighted by Gasteiger charge is 2.27. The van der Waals surface area contributed by atoms with Crippen LogP contribution in [0, 0.1) is 17.0 Å². The topological polar surface area (TPSA) is 78.4 Å². The summed E-state index contributed by atoms with van der Waals surface area (Å²) in [6, 6.07) is 25.6. The lowest BCUT2D eigenvalue weighted by Crippen LogP contribution is -2.48. The lowest BCUT2D eigenvalue weighted by atomic mass is 9.96. The van der Waals surface area contributed by atoms with E-state index < -0.39 is 5.90 Å². The summed E-state index contributed by atoms with van der Waals surface area (Å²) >= 11 is 0. The number of nitrogens with one attached hydrogen (secondary N) is 2. The summed E-state index contributed by atoms with van der Waals surface area (Å²) in [5.41, 5.74) is 3.95. The fraction of sp³-hybridized carbons (Fsp3) is 0.156. The number of nitrogens with zero attached hydrogens (tertiary/aromatic N) is 2. The second-order valence-corrected chi connectivity index (χ2v) is 9.87. The number of rotatable bonds is 7. The molecule has 0 radical (unpaired) electrons. The van der Waals surface area contributed by atoms with E-state index in [1.165, 1.54) is 24.3 Å². The second kappa shape index (κ2) is 10.8. The first kappa shape index (κ1) is 25.6. The number of hydrogen-bond acceptors (Lipinski definition) is 5. The van der Waals surface area contributed by atoms with Gasteiger partial charge < -0.3 is 25.1 Å². The van der Waals surface area contributed by atoms with E-state index in [1.807, 2.05) is 42.6 Å². The van der Waals surface area contributed by atoms with E-state index in [1.54, 1.807) is 30.3 Å². The standard InChI is InChI=1S/C32H28F2N4O2/c33-24-5-1-21(2-6-24)31(22-3-7-25(34)8-4-22)38-17-15-37(16-18-38)26-9-11-28(32(35)39)30(20-26)40-27-10-12-29-23(19-27)13-14-36-29/h1-14,19-20,31,36H,15-18H2,(H2,35,39)/p-1. The van der Waals surface area contributed by atoms with Gasteiger partial charge in [0.25, 0.3) is 0 Å². The van der Waals surface area contributed by atoms with Gasteiger partial charge in [-0.3, -0.25) is 4.90 Å². The van der Waals surface area contributed by atoms with E-state index in [4.69, 9.17) is 10.1 Å². The Kier molecular flexibility index (Phi) is 6.92. The summed E-state index contributed by atoms with van der Waals surface area (Å²) in [6.45, 7) is 2.81. The van der Waals surface area contributed by atoms with Gasteiger partial charge in [-0.15, -0.1) is 0 Å². The molecule has 1 aliphatic rings. The second-order valence-electron chi connectivity index (χ2n) is 9.87. The molecule has 2 heterocycles. The molecule has 1 aliphatic heterocycles. The summed E-state index contributed by atoms with van der Waals surface area (Å²) in [5.74, 6) is -0.488. The molecule has 0 spiro atoms. The van der Waals surface area contributed by atoms with Crippen molar-refractivity contribution < 1.29 is 18.6 Å². The van der Waals surface area contributed by atoms with Gasteiger partial charge >= 0.3 is 0 Å². The molecule has 8 heteroatoms. The van der Waals surface area contributed by atoms with Gasteiger partial charge in [0.2, 0.25) is 0 Å². The van der Waals surface area contributed by atoms with Crippen LogP contribution in [0.2, 0.25) is 0 Å². The largest absolute Gasteiger partial charge is 0.859 e. The number of piperazine rings is 1. The predicted molar refractivity (Wildman–Crippen MR) is 150 cm³/mol. The predicted octanol–water partition coefficient (Wildman–Crippen LogP) is 5.84. The van der Waals surface area contributed by atoms with E-state index in [9.17, 15) is 13.9 Å². The van der Waals surface area contributed by atoms with Gasteiger partial charge in [0, 0.05) is 60.6 Å². The molecule has 40 heavy (non-hydrogen) atoms. The van der Waals surface area contributed by atoms with Crippen molar-refractivity contribution in [2.75, 3.05) is 31.1 Å². The zero-order valence-corrected chi connectivity index (χ0v) is 21.6. The number of fused-ring (bicyclic) bond motifs is 1. The van der Waals surface area contributed by atoms with Crippen LogP contribution in [0.5, 0.6) is 11.5 Å². The zero-order chi connectivity index (χ0) is 27.6. The third-order valence-electron chi connectivity index (χ3n) is 7.38. The Labute approximate surface area is 230 Å². The number of H-pyrrole nitrogens is 1. The molecule has 5 aromatic rings. The number of ether oxygens (including phenoxy) is 1. The molecule has 6 nitrogen and oxygen atoms in total.